The molecule has 0 bridgehead atoms. The average Bonchev–Trinajstić information content (AvgIpc) is 3.00. The summed E-state index contributed by atoms with van der Waals surface area (Å²) in [4.78, 5) is 40.4. The normalized spacial score (nSPS) is 18.0. The molecular formula is C20H19BrN2O6S. The standard InChI is InChI=1S/C20H19BrN2O6S/c1-3-6-29-18-13(9-14(21)11-15(18)27-2)10-16-19(25)23(20(26)30-16)12-17(24)22-4-7-28-8-5-22/h1,9-11H,4-8,12H2,2H3/b16-10-. The molecule has 0 aromatic heterocycles. The quantitative estimate of drug-likeness (QED) is 0.443. The van der Waals surface area contributed by atoms with Gasteiger partial charge < -0.3 is 19.1 Å². The third kappa shape index (κ3) is 4.98. The number of hydrogen-bond acceptors (Lipinski definition) is 7. The highest BCUT2D eigenvalue weighted by atomic mass is 79.9. The Morgan fingerprint density at radius 2 is 2.10 bits per heavy atom. The van der Waals surface area contributed by atoms with Gasteiger partial charge in [0.25, 0.3) is 11.1 Å². The second kappa shape index (κ2) is 10.0. The van der Waals surface area contributed by atoms with Crippen molar-refractivity contribution in [1.82, 2.24) is 9.80 Å². The van der Waals surface area contributed by atoms with Gasteiger partial charge in [-0.15, -0.1) is 6.42 Å². The lowest BCUT2D eigenvalue weighted by Crippen LogP contribution is -2.46. The first kappa shape index (κ1) is 22.2. The monoisotopic (exact) mass is 494 g/mol. The maximum Gasteiger partial charge on any atom is 0.294 e. The van der Waals surface area contributed by atoms with Gasteiger partial charge >= 0.3 is 0 Å². The molecule has 2 aliphatic rings. The lowest BCUT2D eigenvalue weighted by molar-refractivity contribution is -0.139. The fourth-order valence-electron chi connectivity index (χ4n) is 2.94. The van der Waals surface area contributed by atoms with Crippen molar-refractivity contribution in [3.63, 3.8) is 0 Å². The molecule has 1 aromatic carbocycles. The molecule has 0 radical (unpaired) electrons. The summed E-state index contributed by atoms with van der Waals surface area (Å²) in [5, 5.41) is -0.499. The van der Waals surface area contributed by atoms with Crippen LogP contribution in [0.4, 0.5) is 4.79 Å². The van der Waals surface area contributed by atoms with Crippen LogP contribution in [0.15, 0.2) is 21.5 Å². The van der Waals surface area contributed by atoms with Gasteiger partial charge in [-0.3, -0.25) is 19.3 Å². The van der Waals surface area contributed by atoms with Gasteiger partial charge in [0, 0.05) is 23.1 Å². The van der Waals surface area contributed by atoms with E-state index in [0.717, 1.165) is 16.7 Å². The fourth-order valence-corrected chi connectivity index (χ4v) is 4.23. The fraction of sp³-hybridized carbons (Fsp3) is 0.350. The van der Waals surface area contributed by atoms with E-state index in [9.17, 15) is 14.4 Å². The van der Waals surface area contributed by atoms with E-state index < -0.39 is 11.1 Å². The number of imide groups is 1. The lowest BCUT2D eigenvalue weighted by Gasteiger charge is -2.28. The third-order valence-corrected chi connectivity index (χ3v) is 5.75. The number of amides is 3. The Bertz CT molecular complexity index is 936. The number of thioether (sulfide) groups is 1. The van der Waals surface area contributed by atoms with E-state index >= 15 is 0 Å². The van der Waals surface area contributed by atoms with Crippen LogP contribution >= 0.6 is 27.7 Å². The van der Waals surface area contributed by atoms with Crippen molar-refractivity contribution in [3.05, 3.63) is 27.1 Å². The van der Waals surface area contributed by atoms with Crippen LogP contribution < -0.4 is 9.47 Å². The number of carbonyl (C=O) groups is 3. The Kier molecular flexibility index (Phi) is 7.42. The van der Waals surface area contributed by atoms with Crippen molar-refractivity contribution >= 4 is 50.8 Å². The molecule has 1 aromatic rings. The number of rotatable bonds is 6. The van der Waals surface area contributed by atoms with Crippen molar-refractivity contribution in [2.24, 2.45) is 0 Å². The highest BCUT2D eigenvalue weighted by molar-refractivity contribution is 9.10. The number of morpholine rings is 1. The van der Waals surface area contributed by atoms with Crippen LogP contribution in [0.2, 0.25) is 0 Å². The second-order valence-corrected chi connectivity index (χ2v) is 8.19. The summed E-state index contributed by atoms with van der Waals surface area (Å²) in [7, 11) is 1.49. The molecule has 0 spiro atoms. The SMILES string of the molecule is C#CCOc1c(/C=C2\SC(=O)N(CC(=O)N3CCOCC3)C2=O)cc(Br)cc1OC. The Balaban J connectivity index is 1.84. The van der Waals surface area contributed by atoms with Crippen molar-refractivity contribution in [3.8, 4) is 23.8 Å². The molecule has 2 heterocycles. The second-order valence-electron chi connectivity index (χ2n) is 6.28. The first-order valence-corrected chi connectivity index (χ1v) is 10.6. The summed E-state index contributed by atoms with van der Waals surface area (Å²) in [5.41, 5.74) is 0.515. The maximum atomic E-state index is 12.8. The van der Waals surface area contributed by atoms with Crippen LogP contribution in [0.25, 0.3) is 6.08 Å². The smallest absolute Gasteiger partial charge is 0.294 e. The number of terminal acetylenes is 1. The van der Waals surface area contributed by atoms with Crippen LogP contribution in [-0.4, -0.2) is 73.4 Å². The van der Waals surface area contributed by atoms with E-state index in [1.807, 2.05) is 0 Å². The van der Waals surface area contributed by atoms with Crippen molar-refractivity contribution in [2.45, 2.75) is 0 Å². The number of hydrogen-bond donors (Lipinski definition) is 0. The molecule has 10 heteroatoms. The zero-order chi connectivity index (χ0) is 21.7. The van der Waals surface area contributed by atoms with E-state index in [1.165, 1.54) is 13.2 Å². The molecule has 2 saturated heterocycles. The molecule has 2 aliphatic heterocycles. The van der Waals surface area contributed by atoms with Crippen molar-refractivity contribution in [1.29, 1.82) is 0 Å². The van der Waals surface area contributed by atoms with Crippen LogP contribution in [0.1, 0.15) is 5.56 Å². The van der Waals surface area contributed by atoms with E-state index in [4.69, 9.17) is 20.6 Å². The van der Waals surface area contributed by atoms with Gasteiger partial charge in [0.1, 0.15) is 13.2 Å². The number of halogens is 1. The Morgan fingerprint density at radius 1 is 1.37 bits per heavy atom. The minimum atomic E-state index is -0.534. The summed E-state index contributed by atoms with van der Waals surface area (Å²) in [6.07, 6.45) is 6.81. The third-order valence-electron chi connectivity index (χ3n) is 4.39. The molecule has 0 N–H and O–H groups in total. The highest BCUT2D eigenvalue weighted by Crippen LogP contribution is 2.39. The summed E-state index contributed by atoms with van der Waals surface area (Å²) in [6.45, 7) is 1.48. The molecular weight excluding hydrogens is 476 g/mol. The van der Waals surface area contributed by atoms with Crippen molar-refractivity contribution < 1.29 is 28.6 Å². The minimum absolute atomic E-state index is 0.00830. The van der Waals surface area contributed by atoms with Crippen molar-refractivity contribution in [2.75, 3.05) is 46.6 Å². The van der Waals surface area contributed by atoms with Crippen LogP contribution in [0.3, 0.4) is 0 Å². The number of benzene rings is 1. The predicted octanol–water partition coefficient (Wildman–Crippen LogP) is 2.36. The minimum Gasteiger partial charge on any atom is -0.493 e. The maximum absolute atomic E-state index is 12.8. The van der Waals surface area contributed by atoms with E-state index in [1.54, 1.807) is 17.0 Å². The van der Waals surface area contributed by atoms with Gasteiger partial charge in [-0.1, -0.05) is 21.9 Å². The molecule has 3 amide bonds. The van der Waals surface area contributed by atoms with Crippen LogP contribution in [0.5, 0.6) is 11.5 Å². The van der Waals surface area contributed by atoms with Gasteiger partial charge in [0.2, 0.25) is 5.91 Å². The zero-order valence-corrected chi connectivity index (χ0v) is 18.6. The first-order valence-electron chi connectivity index (χ1n) is 8.99. The Morgan fingerprint density at radius 3 is 2.77 bits per heavy atom. The average molecular weight is 495 g/mol. The van der Waals surface area contributed by atoms with E-state index in [0.29, 0.717) is 47.8 Å². The molecule has 8 nitrogen and oxygen atoms in total. The molecule has 0 saturated carbocycles. The highest BCUT2D eigenvalue weighted by Gasteiger charge is 2.37. The molecule has 2 fully saturated rings. The van der Waals surface area contributed by atoms with Gasteiger partial charge in [0.05, 0.1) is 25.2 Å². The first-order chi connectivity index (χ1) is 14.4. The Labute approximate surface area is 186 Å². The predicted molar refractivity (Wildman–Crippen MR) is 115 cm³/mol. The molecule has 0 aliphatic carbocycles. The summed E-state index contributed by atoms with van der Waals surface area (Å²) >= 11 is 4.15. The molecule has 30 heavy (non-hydrogen) atoms. The van der Waals surface area contributed by atoms with Gasteiger partial charge in [-0.25, -0.2) is 0 Å². The number of ether oxygens (including phenoxy) is 3. The largest absolute Gasteiger partial charge is 0.493 e. The lowest BCUT2D eigenvalue weighted by atomic mass is 10.1. The molecule has 158 valence electrons. The van der Waals surface area contributed by atoms with E-state index in [-0.39, 0.29) is 24.0 Å². The molecule has 0 atom stereocenters. The van der Waals surface area contributed by atoms with Crippen LogP contribution in [-0.2, 0) is 14.3 Å². The van der Waals surface area contributed by atoms with Gasteiger partial charge in [-0.2, -0.15) is 0 Å². The topological polar surface area (TPSA) is 85.4 Å². The van der Waals surface area contributed by atoms with Gasteiger partial charge in [-0.05, 0) is 30.0 Å². The van der Waals surface area contributed by atoms with E-state index in [2.05, 4.69) is 21.9 Å². The molecule has 0 unspecified atom stereocenters. The number of methoxy groups -OCH3 is 1. The summed E-state index contributed by atoms with van der Waals surface area (Å²) in [6, 6.07) is 3.43. The van der Waals surface area contributed by atoms with Gasteiger partial charge in [0.15, 0.2) is 11.5 Å². The Hall–Kier alpha value is -2.48. The zero-order valence-electron chi connectivity index (χ0n) is 16.2. The number of carbonyl (C=O) groups excluding carboxylic acids is 3. The summed E-state index contributed by atoms with van der Waals surface area (Å²) in [5.74, 6) is 2.34. The number of nitrogens with zero attached hydrogens (tertiary/aromatic N) is 2. The molecule has 3 rings (SSSR count). The van der Waals surface area contributed by atoms with Crippen LogP contribution in [0, 0.1) is 12.3 Å². The summed E-state index contributed by atoms with van der Waals surface area (Å²) < 4.78 is 16.8.